The minimum atomic E-state index is 0.656. The largest absolute Gasteiger partial charge is 0.310 e. The Morgan fingerprint density at radius 2 is 0.370 bits per heavy atom. The van der Waals surface area contributed by atoms with Crippen LogP contribution in [0.1, 0.15) is 240 Å². The van der Waals surface area contributed by atoms with Gasteiger partial charge in [0.25, 0.3) is 28.2 Å². The van der Waals surface area contributed by atoms with Crippen molar-refractivity contribution in [3.63, 3.8) is 0 Å². The molecule has 586 valence electrons. The predicted molar refractivity (Wildman–Crippen MR) is 507 cm³/mol. The van der Waals surface area contributed by atoms with Crippen molar-refractivity contribution in [3.8, 4) is 161 Å². The fourth-order valence-corrected chi connectivity index (χ4v) is 17.7. The average molecular weight is 1550 g/mol. The lowest BCUT2D eigenvalue weighted by atomic mass is 9.82. The Morgan fingerprint density at radius 1 is 0.185 bits per heavy atom. The molecule has 119 heavy (non-hydrogen) atoms. The minimum absolute atomic E-state index is 0.656. The quantitative estimate of drug-likeness (QED) is 0.109. The molecule has 0 heterocycles. The molecule has 0 unspecified atom stereocenters. The number of rotatable bonds is 12. The van der Waals surface area contributed by atoms with E-state index in [1.807, 2.05) is 33.8 Å². The fourth-order valence-electron chi connectivity index (χ4n) is 17.7. The first kappa shape index (κ1) is 83.8. The summed E-state index contributed by atoms with van der Waals surface area (Å²) in [7, 11) is 7.10. The van der Waals surface area contributed by atoms with Crippen LogP contribution < -0.4 is 0 Å². The van der Waals surface area contributed by atoms with Crippen LogP contribution in [0.15, 0.2) is 267 Å². The monoisotopic (exact) mass is 1550 g/mol. The Kier molecular flexibility index (Phi) is 30.4. The Bertz CT molecular complexity index is 5850. The molecule has 0 aliphatic heterocycles. The molecule has 0 aromatic heterocycles. The first-order valence-electron chi connectivity index (χ1n) is 43.1. The summed E-state index contributed by atoms with van der Waals surface area (Å²) < 4.78 is 0. The van der Waals surface area contributed by atoms with Crippen LogP contribution in [0.4, 0.5) is 0 Å². The average Bonchev–Trinajstić information content (AvgIpc) is 1.28. The summed E-state index contributed by atoms with van der Waals surface area (Å²) in [5.74, 6) is 27.5. The maximum absolute atomic E-state index is 4.16. The standard InChI is InChI=1S/3C29H28N.C28H26N/c1-3-9-22-10-7-14-25(16-22)28-18-27(24-12-5-4-6-13-24)19-29(20-28)26-15-8-11-23(17-26)21-30-2;1-3-9-22-16-28(24-11-5-4-6-12-24)20-29(17-22)27-15-8-14-26(19-27)25-13-7-10-23(18-25)21-30-2;1-3-9-22-10-7-13-25(16-22)26-14-8-15-27(19-26)29-18-23(21-30-2)17-28(20-29)24-11-5-4-6-12-24;1-3-8-21-9-6-12-24(15-21)25-13-7-14-26(18-25)28-17-22(20-29-2)16-27(19-28)23-10-4-5-11-23/h7-8,10-11,14-20,24H,4-6,12-13H2,1-2H3;2*7-8,10,13-20,24H,4-6,11-12H2,1-2H3;6-7,9,12-19,23H,4-5,10-11H2,1-2H3/q4*+1. The van der Waals surface area contributed by atoms with Gasteiger partial charge in [-0.05, 0) is 335 Å². The van der Waals surface area contributed by atoms with Crippen LogP contribution in [0.25, 0.3) is 108 Å². The molecule has 4 heteroatoms. The van der Waals surface area contributed by atoms with E-state index in [0.717, 1.165) is 44.5 Å². The van der Waals surface area contributed by atoms with Gasteiger partial charge < -0.3 is 0 Å². The number of hydrogen-bond donors (Lipinski definition) is 0. The van der Waals surface area contributed by atoms with Crippen molar-refractivity contribution in [2.24, 2.45) is 0 Å². The molecule has 0 spiro atoms. The number of hydrogen-bond acceptors (Lipinski definition) is 0. The van der Waals surface area contributed by atoms with Gasteiger partial charge >= 0.3 is 24.3 Å². The van der Waals surface area contributed by atoms with Gasteiger partial charge in [0.2, 0.25) is 0 Å². The second-order valence-electron chi connectivity index (χ2n) is 31.8. The number of nitrogens with zero attached hydrogens (tertiary/aromatic N) is 4. The minimum Gasteiger partial charge on any atom is -0.101 e. The van der Waals surface area contributed by atoms with Gasteiger partial charge in [-0.25, -0.2) is 0 Å². The van der Waals surface area contributed by atoms with E-state index in [4.69, 9.17) is 0 Å². The molecular formula is C115H110N4+4. The van der Waals surface area contributed by atoms with E-state index in [2.05, 4.69) is 352 Å². The van der Waals surface area contributed by atoms with E-state index in [1.165, 1.54) is 233 Å². The summed E-state index contributed by atoms with van der Waals surface area (Å²) in [5.41, 5.74) is 33.9. The van der Waals surface area contributed by atoms with Crippen molar-refractivity contribution in [1.29, 1.82) is 0 Å². The lowest BCUT2D eigenvalue weighted by molar-refractivity contribution is 0.443. The summed E-state index contributed by atoms with van der Waals surface area (Å²) in [6.07, 6.45) is 25.1. The van der Waals surface area contributed by atoms with Gasteiger partial charge in [0.15, 0.2) is 0 Å². The highest BCUT2D eigenvalue weighted by atomic mass is 14.6. The van der Waals surface area contributed by atoms with Crippen molar-refractivity contribution < 1.29 is 0 Å². The molecule has 12 aromatic carbocycles. The molecule has 0 N–H and O–H groups in total. The summed E-state index contributed by atoms with van der Waals surface area (Å²) in [6.45, 7) is 7.55. The van der Waals surface area contributed by atoms with Crippen LogP contribution in [0.2, 0.25) is 0 Å². The predicted octanol–water partition coefficient (Wildman–Crippen LogP) is 30.6. The van der Waals surface area contributed by atoms with Crippen molar-refractivity contribution in [2.45, 2.75) is 173 Å². The van der Waals surface area contributed by atoms with Crippen LogP contribution in [-0.2, 0) is 0 Å². The van der Waals surface area contributed by atoms with Gasteiger partial charge in [-0.15, -0.1) is 23.7 Å². The van der Waals surface area contributed by atoms with E-state index in [-0.39, 0.29) is 0 Å². The van der Waals surface area contributed by atoms with Gasteiger partial charge in [0.05, 0.1) is 0 Å². The molecule has 0 radical (unpaired) electrons. The maximum atomic E-state index is 4.16. The zero-order valence-electron chi connectivity index (χ0n) is 70.9. The Labute approximate surface area is 710 Å². The molecular weight excluding hydrogens is 1440 g/mol. The van der Waals surface area contributed by atoms with Crippen molar-refractivity contribution in [3.05, 3.63) is 353 Å². The smallest absolute Gasteiger partial charge is 0.101 e. The highest BCUT2D eigenvalue weighted by Crippen LogP contribution is 2.43. The van der Waals surface area contributed by atoms with Gasteiger partial charge in [-0.1, -0.05) is 259 Å². The van der Waals surface area contributed by atoms with E-state index in [1.54, 1.807) is 28.2 Å². The van der Waals surface area contributed by atoms with Crippen LogP contribution >= 0.6 is 0 Å². The highest BCUT2D eigenvalue weighted by Gasteiger charge is 2.23. The number of benzene rings is 12. The van der Waals surface area contributed by atoms with Gasteiger partial charge in [0, 0.05) is 22.3 Å². The molecule has 16 rings (SSSR count). The van der Waals surface area contributed by atoms with E-state index in [9.17, 15) is 0 Å². The Balaban J connectivity index is 0.000000137. The molecule has 4 saturated carbocycles. The molecule has 4 aliphatic carbocycles. The van der Waals surface area contributed by atoms with Crippen LogP contribution in [0.5, 0.6) is 0 Å². The third kappa shape index (κ3) is 23.4. The molecule has 12 aromatic rings. The topological polar surface area (TPSA) is 17.4 Å². The van der Waals surface area contributed by atoms with Crippen LogP contribution in [0.3, 0.4) is 0 Å². The third-order valence-electron chi connectivity index (χ3n) is 23.5. The lowest BCUT2D eigenvalue weighted by Gasteiger charge is -2.23. The zero-order valence-corrected chi connectivity index (χ0v) is 70.9. The molecule has 0 atom stereocenters. The fraction of sp³-hybridized carbons (Fsp3) is 0.270. The van der Waals surface area contributed by atoms with Crippen molar-refractivity contribution in [1.82, 2.24) is 0 Å². The van der Waals surface area contributed by atoms with Gasteiger partial charge in [-0.2, -0.15) is 0 Å². The second kappa shape index (κ2) is 43.2. The van der Waals surface area contributed by atoms with Crippen molar-refractivity contribution >= 4 is 0 Å². The highest BCUT2D eigenvalue weighted by molar-refractivity contribution is 5.80. The SMILES string of the molecule is CC#Cc1cc(-c2cccc(-c3cccc(C#[N+]C)c3)c2)cc(C2CCCCC2)c1.CC#Cc1cccc(-c2cc(-c3cccc(C#[N+]C)c3)cc(C3CCCCC3)c2)c1.CC#Cc1cccc(-c2cccc(-c3cc(C#[N+]C)cc(C4CCCC4)c3)c2)c1.CC#Cc1cccc(-c2cccc(-c3cc(C#[N+]C)cc(C4CCCCC4)c3)c2)c1. The first-order chi connectivity index (χ1) is 58.6. The summed E-state index contributed by atoms with van der Waals surface area (Å²) in [5, 5.41) is 0. The second-order valence-corrected chi connectivity index (χ2v) is 31.8. The molecule has 0 saturated heterocycles. The van der Waals surface area contributed by atoms with Crippen molar-refractivity contribution in [2.75, 3.05) is 28.2 Å². The molecule has 4 fully saturated rings. The zero-order chi connectivity index (χ0) is 82.3. The van der Waals surface area contributed by atoms with Crippen LogP contribution in [-0.4, -0.2) is 28.2 Å². The normalized spacial score (nSPS) is 13.6. The Hall–Kier alpha value is -13.2. The summed E-state index contributed by atoms with van der Waals surface area (Å²) in [6, 6.07) is 109. The molecule has 4 aliphatic rings. The molecule has 0 bridgehead atoms. The first-order valence-corrected chi connectivity index (χ1v) is 43.1. The Morgan fingerprint density at radius 3 is 0.664 bits per heavy atom. The summed E-state index contributed by atoms with van der Waals surface area (Å²) in [4.78, 5) is 16.4. The lowest BCUT2D eigenvalue weighted by Crippen LogP contribution is -2.05. The molecule has 0 amide bonds. The van der Waals surface area contributed by atoms with E-state index in [0.29, 0.717) is 23.7 Å². The van der Waals surface area contributed by atoms with Gasteiger partial charge in [-0.3, -0.25) is 0 Å². The van der Waals surface area contributed by atoms with E-state index >= 15 is 0 Å². The summed E-state index contributed by atoms with van der Waals surface area (Å²) >= 11 is 0. The van der Waals surface area contributed by atoms with Crippen LogP contribution in [0, 0.1) is 71.6 Å². The maximum Gasteiger partial charge on any atom is 0.310 e. The van der Waals surface area contributed by atoms with Gasteiger partial charge in [0.1, 0.15) is 22.3 Å². The third-order valence-corrected chi connectivity index (χ3v) is 23.5. The molecule has 4 nitrogen and oxygen atoms in total. The van der Waals surface area contributed by atoms with E-state index < -0.39 is 0 Å².